The van der Waals surface area contributed by atoms with E-state index in [0.717, 1.165) is 38.2 Å². The van der Waals surface area contributed by atoms with E-state index in [1.54, 1.807) is 0 Å². The van der Waals surface area contributed by atoms with Crippen LogP contribution in [0.15, 0.2) is 25.0 Å². The average molecular weight is 415 g/mol. The van der Waals surface area contributed by atoms with Crippen LogP contribution in [-0.2, 0) is 9.59 Å². The largest absolute Gasteiger partial charge is 0.490 e. The van der Waals surface area contributed by atoms with Gasteiger partial charge in [0.15, 0.2) is 0 Å². The normalized spacial score (nSPS) is 22.4. The molecule has 8 nitrogen and oxygen atoms in total. The molecule has 2 fully saturated rings. The van der Waals surface area contributed by atoms with Crippen LogP contribution >= 0.6 is 0 Å². The fourth-order valence-electron chi connectivity index (χ4n) is 3.44. The van der Waals surface area contributed by atoms with E-state index >= 15 is 0 Å². The van der Waals surface area contributed by atoms with Crippen molar-refractivity contribution in [2.24, 2.45) is 0 Å². The molecule has 0 aromatic carbocycles. The first-order chi connectivity index (χ1) is 13.5. The summed E-state index contributed by atoms with van der Waals surface area (Å²) < 4.78 is 31.7. The van der Waals surface area contributed by atoms with Crippen LogP contribution in [0.3, 0.4) is 0 Å². The Labute approximate surface area is 166 Å². The number of aromatic nitrogens is 2. The third-order valence-electron chi connectivity index (χ3n) is 4.95. The van der Waals surface area contributed by atoms with Crippen LogP contribution in [0.5, 0.6) is 0 Å². The number of alkyl halides is 3. The van der Waals surface area contributed by atoms with Gasteiger partial charge in [-0.15, -0.1) is 6.58 Å². The van der Waals surface area contributed by atoms with Crippen molar-refractivity contribution < 1.29 is 27.9 Å². The van der Waals surface area contributed by atoms with Crippen molar-refractivity contribution in [2.45, 2.75) is 25.1 Å². The second-order valence-electron chi connectivity index (χ2n) is 7.03. The maximum atomic E-state index is 12.8. The van der Waals surface area contributed by atoms with Gasteiger partial charge in [0.2, 0.25) is 11.9 Å². The van der Waals surface area contributed by atoms with Crippen LogP contribution in [0.2, 0.25) is 0 Å². The van der Waals surface area contributed by atoms with E-state index in [9.17, 15) is 18.0 Å². The lowest BCUT2D eigenvalue weighted by Crippen LogP contribution is -2.66. The van der Waals surface area contributed by atoms with E-state index in [0.29, 0.717) is 12.5 Å². The highest BCUT2D eigenvalue weighted by Crippen LogP contribution is 2.33. The number of likely N-dealkylation sites (N-methyl/N-ethyl adjacent to an activating group) is 1. The Hall–Kier alpha value is -2.69. The number of carboxylic acids is 1. The molecule has 1 amide bonds. The Balaban J connectivity index is 0.000000370. The maximum absolute atomic E-state index is 12.8. The van der Waals surface area contributed by atoms with Gasteiger partial charge in [-0.1, -0.05) is 6.08 Å². The van der Waals surface area contributed by atoms with Gasteiger partial charge in [0, 0.05) is 52.2 Å². The van der Waals surface area contributed by atoms with Crippen molar-refractivity contribution in [1.29, 1.82) is 0 Å². The smallest absolute Gasteiger partial charge is 0.475 e. The summed E-state index contributed by atoms with van der Waals surface area (Å²) in [5.41, 5.74) is 0.578. The lowest BCUT2D eigenvalue weighted by molar-refractivity contribution is -0.192. The second-order valence-corrected chi connectivity index (χ2v) is 7.03. The zero-order chi connectivity index (χ0) is 21.8. The topological polar surface area (TPSA) is 89.9 Å². The lowest BCUT2D eigenvalue weighted by Gasteiger charge is -2.46. The van der Waals surface area contributed by atoms with Gasteiger partial charge in [-0.3, -0.25) is 9.69 Å². The first-order valence-electron chi connectivity index (χ1n) is 8.96. The fourth-order valence-corrected chi connectivity index (χ4v) is 3.44. The predicted octanol–water partition coefficient (Wildman–Crippen LogP) is 1.33. The van der Waals surface area contributed by atoms with Crippen LogP contribution in [0.1, 0.15) is 12.0 Å². The quantitative estimate of drug-likeness (QED) is 0.745. The van der Waals surface area contributed by atoms with E-state index in [1.165, 1.54) is 0 Å². The molecule has 2 aliphatic heterocycles. The number of amides is 1. The molecule has 11 heteroatoms. The molecule has 1 aromatic heterocycles. The fraction of sp³-hybridized carbons (Fsp3) is 0.556. The van der Waals surface area contributed by atoms with Crippen molar-refractivity contribution in [3.05, 3.63) is 30.6 Å². The van der Waals surface area contributed by atoms with E-state index in [1.807, 2.05) is 37.3 Å². The van der Waals surface area contributed by atoms with Crippen LogP contribution < -0.4 is 4.90 Å². The molecule has 29 heavy (non-hydrogen) atoms. The molecule has 2 aliphatic rings. The third kappa shape index (κ3) is 5.03. The van der Waals surface area contributed by atoms with Crippen LogP contribution in [0, 0.1) is 6.92 Å². The first kappa shape index (κ1) is 22.6. The average Bonchev–Trinajstić information content (AvgIpc) is 3.09. The number of nitrogens with zero attached hydrogens (tertiary/aromatic N) is 5. The van der Waals surface area contributed by atoms with E-state index in [-0.39, 0.29) is 5.91 Å². The number of carbonyl (C=O) groups is 2. The minimum absolute atomic E-state index is 0.204. The number of carboxylic acid groups (broad SMARTS) is 1. The summed E-state index contributed by atoms with van der Waals surface area (Å²) in [6.07, 6.45) is 1.25. The number of hydrogen-bond acceptors (Lipinski definition) is 6. The second kappa shape index (κ2) is 8.76. The van der Waals surface area contributed by atoms with E-state index in [4.69, 9.17) is 9.90 Å². The number of halogens is 3. The Bertz CT molecular complexity index is 756. The molecule has 3 rings (SSSR count). The molecule has 0 aliphatic carbocycles. The number of aliphatic carboxylic acids is 1. The number of piperazine rings is 1. The van der Waals surface area contributed by atoms with Crippen LogP contribution in [0.25, 0.3) is 0 Å². The van der Waals surface area contributed by atoms with Crippen molar-refractivity contribution in [1.82, 2.24) is 19.8 Å². The molecule has 1 atom stereocenters. The number of aryl methyl sites for hydroxylation is 1. The Kier molecular flexibility index (Phi) is 6.83. The highest BCUT2D eigenvalue weighted by molar-refractivity contribution is 5.88. The van der Waals surface area contributed by atoms with Gasteiger partial charge >= 0.3 is 12.1 Å². The number of anilines is 1. The van der Waals surface area contributed by atoms with Crippen molar-refractivity contribution in [3.63, 3.8) is 0 Å². The van der Waals surface area contributed by atoms with Gasteiger partial charge < -0.3 is 14.9 Å². The van der Waals surface area contributed by atoms with Crippen molar-refractivity contribution >= 4 is 17.8 Å². The number of hydrogen-bond donors (Lipinski definition) is 1. The molecule has 160 valence electrons. The highest BCUT2D eigenvalue weighted by atomic mass is 19.4. The summed E-state index contributed by atoms with van der Waals surface area (Å²) in [7, 11) is 1.89. The summed E-state index contributed by atoms with van der Waals surface area (Å²) in [5, 5.41) is 7.12. The van der Waals surface area contributed by atoms with Gasteiger partial charge in [-0.05, 0) is 18.9 Å². The monoisotopic (exact) mass is 415 g/mol. The van der Waals surface area contributed by atoms with E-state index in [2.05, 4.69) is 26.3 Å². The standard InChI is InChI=1S/C16H23N5O.C2HF3O2/c1-4-6-21-9-8-19(3)14(22)16(21)5-7-20(12-16)15-17-10-13(2)11-18-15;3-2(4,5)1(6)7/h4,10-11H,1,5-9,12H2,2-3H3;(H,6,7). The first-order valence-corrected chi connectivity index (χ1v) is 8.96. The molecule has 1 unspecified atom stereocenters. The molecule has 0 radical (unpaired) electrons. The summed E-state index contributed by atoms with van der Waals surface area (Å²) in [6, 6.07) is 0. The maximum Gasteiger partial charge on any atom is 0.490 e. The zero-order valence-corrected chi connectivity index (χ0v) is 16.3. The van der Waals surface area contributed by atoms with E-state index < -0.39 is 17.7 Å². The molecular weight excluding hydrogens is 391 g/mol. The molecule has 1 N–H and O–H groups in total. The van der Waals surface area contributed by atoms with Gasteiger partial charge in [0.05, 0.1) is 0 Å². The minimum atomic E-state index is -5.08. The molecule has 1 spiro atoms. The lowest BCUT2D eigenvalue weighted by atomic mass is 9.91. The molecule has 0 bridgehead atoms. The SMILES string of the molecule is C=CCN1CCN(C)C(=O)C12CCN(c1ncc(C)cn1)C2.O=C(O)C(F)(F)F. The van der Waals surface area contributed by atoms with Gasteiger partial charge in [0.25, 0.3) is 0 Å². The number of rotatable bonds is 3. The van der Waals surface area contributed by atoms with Crippen molar-refractivity contribution in [3.8, 4) is 0 Å². The summed E-state index contributed by atoms with van der Waals surface area (Å²) in [5.74, 6) is -1.84. The molecule has 2 saturated heterocycles. The summed E-state index contributed by atoms with van der Waals surface area (Å²) >= 11 is 0. The van der Waals surface area contributed by atoms with Gasteiger partial charge in [0.1, 0.15) is 5.54 Å². The molecule has 0 saturated carbocycles. The van der Waals surface area contributed by atoms with Crippen LogP contribution in [0.4, 0.5) is 19.1 Å². The summed E-state index contributed by atoms with van der Waals surface area (Å²) in [6.45, 7) is 9.65. The minimum Gasteiger partial charge on any atom is -0.475 e. The Morgan fingerprint density at radius 3 is 2.41 bits per heavy atom. The molecule has 1 aromatic rings. The number of carbonyl (C=O) groups excluding carboxylic acids is 1. The van der Waals surface area contributed by atoms with Gasteiger partial charge in [-0.25, -0.2) is 14.8 Å². The highest BCUT2D eigenvalue weighted by Gasteiger charge is 2.52. The predicted molar refractivity (Wildman–Crippen MR) is 99.4 cm³/mol. The Morgan fingerprint density at radius 2 is 1.90 bits per heavy atom. The zero-order valence-electron chi connectivity index (χ0n) is 16.3. The molecule has 3 heterocycles. The summed E-state index contributed by atoms with van der Waals surface area (Å²) in [4.78, 5) is 36.8. The van der Waals surface area contributed by atoms with Crippen LogP contribution in [-0.4, -0.2) is 88.2 Å². The third-order valence-corrected chi connectivity index (χ3v) is 4.95. The van der Waals surface area contributed by atoms with Gasteiger partial charge in [-0.2, -0.15) is 13.2 Å². The molecular formula is C18H24F3N5O3. The van der Waals surface area contributed by atoms with Crippen molar-refractivity contribution in [2.75, 3.05) is 44.7 Å². The Morgan fingerprint density at radius 1 is 1.31 bits per heavy atom.